The second-order valence-electron chi connectivity index (χ2n) is 7.74. The second kappa shape index (κ2) is 7.14. The molecule has 0 bridgehead atoms. The summed E-state index contributed by atoms with van der Waals surface area (Å²) in [4.78, 5) is 23.4. The number of amides is 1. The van der Waals surface area contributed by atoms with Gasteiger partial charge in [0.1, 0.15) is 12.0 Å². The van der Waals surface area contributed by atoms with Gasteiger partial charge in [0.05, 0.1) is 29.0 Å². The molecule has 0 spiro atoms. The fourth-order valence-electron chi connectivity index (χ4n) is 4.34. The highest BCUT2D eigenvalue weighted by atomic mass is 19.2. The summed E-state index contributed by atoms with van der Waals surface area (Å²) in [7, 11) is 3.38. The van der Waals surface area contributed by atoms with Gasteiger partial charge >= 0.3 is 0 Å². The van der Waals surface area contributed by atoms with Crippen LogP contribution in [-0.4, -0.2) is 46.9 Å². The predicted octanol–water partition coefficient (Wildman–Crippen LogP) is 2.94. The van der Waals surface area contributed by atoms with Gasteiger partial charge in [0.15, 0.2) is 23.1 Å². The van der Waals surface area contributed by atoms with Gasteiger partial charge in [-0.15, -0.1) is 0 Å². The van der Waals surface area contributed by atoms with Crippen LogP contribution in [0, 0.1) is 17.5 Å². The summed E-state index contributed by atoms with van der Waals surface area (Å²) in [6.07, 6.45) is 3.30. The number of rotatable bonds is 2. The van der Waals surface area contributed by atoms with Crippen LogP contribution < -0.4 is 0 Å². The zero-order valence-corrected chi connectivity index (χ0v) is 17.5. The summed E-state index contributed by atoms with van der Waals surface area (Å²) in [5.74, 6) is -4.32. The van der Waals surface area contributed by atoms with Crippen molar-refractivity contribution in [2.45, 2.75) is 19.4 Å². The highest BCUT2D eigenvalue weighted by Gasteiger charge is 2.35. The fraction of sp³-hybridized carbons (Fsp3) is 0.286. The second-order valence-corrected chi connectivity index (χ2v) is 7.74. The molecule has 0 saturated carbocycles. The predicted molar refractivity (Wildman–Crippen MR) is 108 cm³/mol. The maximum Gasteiger partial charge on any atom is 0.273 e. The SMILES string of the molecule is C[C@H]1c2nn(C)c(-c3cc(F)c(F)c(F)c3)c2CCN1C(=O)c1ncnc2c1cnn2C. The minimum atomic E-state index is -1.51. The number of benzene rings is 1. The molecule has 4 heterocycles. The van der Waals surface area contributed by atoms with E-state index in [2.05, 4.69) is 20.2 Å². The smallest absolute Gasteiger partial charge is 0.273 e. The zero-order valence-electron chi connectivity index (χ0n) is 17.5. The molecule has 1 amide bonds. The quantitative estimate of drug-likeness (QED) is 0.447. The molecule has 1 aliphatic heterocycles. The van der Waals surface area contributed by atoms with Gasteiger partial charge in [0.2, 0.25) is 0 Å². The molecular formula is C21H18F3N7O. The first kappa shape index (κ1) is 20.2. The van der Waals surface area contributed by atoms with Crippen molar-refractivity contribution in [1.82, 2.24) is 34.4 Å². The van der Waals surface area contributed by atoms with Crippen LogP contribution in [0.25, 0.3) is 22.3 Å². The van der Waals surface area contributed by atoms with Crippen LogP contribution in [-0.2, 0) is 20.5 Å². The van der Waals surface area contributed by atoms with Crippen molar-refractivity contribution in [3.05, 3.63) is 59.1 Å². The Labute approximate surface area is 180 Å². The minimum absolute atomic E-state index is 0.192. The number of nitrogens with zero attached hydrogens (tertiary/aromatic N) is 7. The first-order valence-corrected chi connectivity index (χ1v) is 9.92. The Morgan fingerprint density at radius 3 is 2.53 bits per heavy atom. The molecule has 0 radical (unpaired) electrons. The van der Waals surface area contributed by atoms with Crippen molar-refractivity contribution < 1.29 is 18.0 Å². The molecule has 5 rings (SSSR count). The molecule has 0 saturated heterocycles. The van der Waals surface area contributed by atoms with Crippen LogP contribution in [0.5, 0.6) is 0 Å². The van der Waals surface area contributed by atoms with Gasteiger partial charge in [-0.1, -0.05) is 0 Å². The molecule has 4 aromatic rings. The van der Waals surface area contributed by atoms with Gasteiger partial charge in [-0.2, -0.15) is 10.2 Å². The minimum Gasteiger partial charge on any atom is -0.329 e. The number of carbonyl (C=O) groups excluding carboxylic acids is 1. The van der Waals surface area contributed by atoms with E-state index in [9.17, 15) is 18.0 Å². The lowest BCUT2D eigenvalue weighted by molar-refractivity contribution is 0.0669. The number of aromatic nitrogens is 6. The van der Waals surface area contributed by atoms with E-state index in [0.29, 0.717) is 35.4 Å². The van der Waals surface area contributed by atoms with E-state index >= 15 is 0 Å². The van der Waals surface area contributed by atoms with Crippen molar-refractivity contribution in [2.24, 2.45) is 14.1 Å². The van der Waals surface area contributed by atoms with Crippen LogP contribution in [0.1, 0.15) is 34.7 Å². The normalized spacial score (nSPS) is 15.9. The Balaban J connectivity index is 1.54. The Kier molecular flexibility index (Phi) is 4.50. The monoisotopic (exact) mass is 441 g/mol. The maximum atomic E-state index is 13.8. The Hall–Kier alpha value is -3.76. The van der Waals surface area contributed by atoms with Gasteiger partial charge in [-0.25, -0.2) is 23.1 Å². The van der Waals surface area contributed by atoms with Crippen LogP contribution in [0.15, 0.2) is 24.7 Å². The topological polar surface area (TPSA) is 81.7 Å². The van der Waals surface area contributed by atoms with Gasteiger partial charge in [0, 0.05) is 31.8 Å². The van der Waals surface area contributed by atoms with Crippen molar-refractivity contribution in [3.63, 3.8) is 0 Å². The average molecular weight is 441 g/mol. The van der Waals surface area contributed by atoms with Gasteiger partial charge < -0.3 is 4.90 Å². The Bertz CT molecular complexity index is 1370. The summed E-state index contributed by atoms with van der Waals surface area (Å²) in [6, 6.07) is 1.50. The first-order chi connectivity index (χ1) is 15.3. The van der Waals surface area contributed by atoms with E-state index in [1.54, 1.807) is 29.9 Å². The molecular weight excluding hydrogens is 423 g/mol. The van der Waals surface area contributed by atoms with Crippen LogP contribution in [0.3, 0.4) is 0 Å². The van der Waals surface area contributed by atoms with E-state index in [1.165, 1.54) is 11.0 Å². The fourth-order valence-corrected chi connectivity index (χ4v) is 4.34. The molecule has 1 aromatic carbocycles. The zero-order chi connectivity index (χ0) is 22.7. The summed E-state index contributed by atoms with van der Waals surface area (Å²) in [5, 5.41) is 9.22. The molecule has 1 atom stereocenters. The van der Waals surface area contributed by atoms with E-state index in [1.807, 2.05) is 6.92 Å². The Morgan fingerprint density at radius 1 is 1.09 bits per heavy atom. The number of aryl methyl sites for hydroxylation is 2. The Morgan fingerprint density at radius 2 is 1.81 bits per heavy atom. The van der Waals surface area contributed by atoms with E-state index < -0.39 is 23.5 Å². The van der Waals surface area contributed by atoms with Crippen molar-refractivity contribution in [2.75, 3.05) is 6.54 Å². The molecule has 0 N–H and O–H groups in total. The lowest BCUT2D eigenvalue weighted by Gasteiger charge is -2.32. The summed E-state index contributed by atoms with van der Waals surface area (Å²) in [5.41, 5.74) is 2.87. The van der Waals surface area contributed by atoms with Crippen LogP contribution in [0.2, 0.25) is 0 Å². The van der Waals surface area contributed by atoms with Crippen molar-refractivity contribution in [3.8, 4) is 11.3 Å². The molecule has 32 heavy (non-hydrogen) atoms. The molecule has 164 valence electrons. The number of fused-ring (bicyclic) bond motifs is 2. The molecule has 0 unspecified atom stereocenters. The number of hydrogen-bond donors (Lipinski definition) is 0. The van der Waals surface area contributed by atoms with Crippen LogP contribution in [0.4, 0.5) is 13.2 Å². The molecule has 1 aliphatic rings. The summed E-state index contributed by atoms with van der Waals surface area (Å²) >= 11 is 0. The van der Waals surface area contributed by atoms with Gasteiger partial charge in [-0.3, -0.25) is 14.2 Å². The molecule has 8 nitrogen and oxygen atoms in total. The summed E-state index contributed by atoms with van der Waals surface area (Å²) < 4.78 is 44.2. The van der Waals surface area contributed by atoms with Crippen molar-refractivity contribution >= 4 is 16.9 Å². The number of hydrogen-bond acceptors (Lipinski definition) is 5. The maximum absolute atomic E-state index is 13.8. The third-order valence-corrected chi connectivity index (χ3v) is 5.89. The number of carbonyl (C=O) groups is 1. The van der Waals surface area contributed by atoms with E-state index in [4.69, 9.17) is 0 Å². The van der Waals surface area contributed by atoms with Crippen LogP contribution >= 0.6 is 0 Å². The number of halogens is 3. The molecule has 3 aromatic heterocycles. The van der Waals surface area contributed by atoms with Crippen molar-refractivity contribution in [1.29, 1.82) is 0 Å². The van der Waals surface area contributed by atoms with E-state index in [0.717, 1.165) is 17.7 Å². The third-order valence-electron chi connectivity index (χ3n) is 5.89. The first-order valence-electron chi connectivity index (χ1n) is 9.92. The third kappa shape index (κ3) is 2.88. The summed E-state index contributed by atoms with van der Waals surface area (Å²) in [6.45, 7) is 2.18. The van der Waals surface area contributed by atoms with E-state index in [-0.39, 0.29) is 17.2 Å². The lowest BCUT2D eigenvalue weighted by atomic mass is 9.95. The van der Waals surface area contributed by atoms with Gasteiger partial charge in [0.25, 0.3) is 5.91 Å². The molecule has 0 aliphatic carbocycles. The van der Waals surface area contributed by atoms with Gasteiger partial charge in [-0.05, 0) is 25.5 Å². The standard InChI is InChI=1S/C21H18F3N7O/c1-10-17-12(19(29(2)28-17)11-6-14(22)16(24)15(23)7-11)4-5-31(10)21(32)18-13-8-27-30(3)20(13)26-9-25-18/h6-10H,4-5H2,1-3H3/t10-/m0/s1. The average Bonchev–Trinajstić information content (AvgIpc) is 3.31. The lowest BCUT2D eigenvalue weighted by Crippen LogP contribution is -2.39. The molecule has 11 heteroatoms. The largest absolute Gasteiger partial charge is 0.329 e. The molecule has 0 fully saturated rings. The highest BCUT2D eigenvalue weighted by Crippen LogP contribution is 2.37. The highest BCUT2D eigenvalue weighted by molar-refractivity contribution is 6.03.